The molecule has 0 saturated carbocycles. The number of carbonyl (C=O) groups is 1. The van der Waals surface area contributed by atoms with Crippen LogP contribution < -0.4 is 11.1 Å². The van der Waals surface area contributed by atoms with E-state index in [1.807, 2.05) is 13.8 Å². The van der Waals surface area contributed by atoms with Gasteiger partial charge in [0, 0.05) is 11.1 Å². The first-order valence-electron chi connectivity index (χ1n) is 5.14. The van der Waals surface area contributed by atoms with Crippen molar-refractivity contribution in [1.82, 2.24) is 9.97 Å². The first-order chi connectivity index (χ1) is 8.47. The Morgan fingerprint density at radius 3 is 2.83 bits per heavy atom. The lowest BCUT2D eigenvalue weighted by molar-refractivity contribution is 0.102. The molecule has 0 atom stereocenters. The zero-order valence-corrected chi connectivity index (χ0v) is 11.4. The molecule has 3 N–H and O–H groups in total. The number of nitrogens with one attached hydrogen (secondary N) is 1. The maximum atomic E-state index is 12.0. The summed E-state index contributed by atoms with van der Waals surface area (Å²) in [5, 5.41) is 3.49. The fourth-order valence-electron chi connectivity index (χ4n) is 1.32. The van der Waals surface area contributed by atoms with Crippen molar-refractivity contribution in [3.8, 4) is 0 Å². The van der Waals surface area contributed by atoms with Crippen molar-refractivity contribution < 1.29 is 4.79 Å². The number of hydrogen-bond acceptors (Lipinski definition) is 5. The van der Waals surface area contributed by atoms with Crippen LogP contribution in [0.15, 0.2) is 12.3 Å². The Kier molecular flexibility index (Phi) is 3.49. The summed E-state index contributed by atoms with van der Waals surface area (Å²) in [6.45, 7) is 3.83. The van der Waals surface area contributed by atoms with Crippen LogP contribution in [-0.2, 0) is 0 Å². The molecule has 2 heterocycles. The zero-order valence-electron chi connectivity index (χ0n) is 9.82. The number of nitrogens with zero attached hydrogens (tertiary/aromatic N) is 2. The molecule has 5 nitrogen and oxygen atoms in total. The van der Waals surface area contributed by atoms with Gasteiger partial charge in [0.15, 0.2) is 5.13 Å². The molecule has 94 valence electrons. The topological polar surface area (TPSA) is 80.9 Å². The first kappa shape index (κ1) is 12.8. The summed E-state index contributed by atoms with van der Waals surface area (Å²) in [5.41, 5.74) is 6.71. The molecule has 0 saturated heterocycles. The highest BCUT2D eigenvalue weighted by Crippen LogP contribution is 2.23. The van der Waals surface area contributed by atoms with Crippen molar-refractivity contribution in [3.05, 3.63) is 33.4 Å². The van der Waals surface area contributed by atoms with Gasteiger partial charge in [-0.1, -0.05) is 11.6 Å². The predicted molar refractivity (Wildman–Crippen MR) is 73.2 cm³/mol. The van der Waals surface area contributed by atoms with Gasteiger partial charge in [0.05, 0.1) is 16.3 Å². The normalized spacial score (nSPS) is 10.4. The van der Waals surface area contributed by atoms with E-state index in [1.165, 1.54) is 23.6 Å². The van der Waals surface area contributed by atoms with E-state index in [9.17, 15) is 4.79 Å². The lowest BCUT2D eigenvalue weighted by Gasteiger charge is -2.04. The van der Waals surface area contributed by atoms with Crippen LogP contribution in [-0.4, -0.2) is 15.9 Å². The standard InChI is InChI=1S/C11H11ClN4OS/c1-5-6(2)18-11(15-5)16-10(17)7-3-9(13)14-4-8(7)12/h3-4H,1-2H3,(H2,13,14)(H,15,16,17). The van der Waals surface area contributed by atoms with Crippen molar-refractivity contribution in [1.29, 1.82) is 0 Å². The van der Waals surface area contributed by atoms with E-state index in [2.05, 4.69) is 15.3 Å². The molecular weight excluding hydrogens is 272 g/mol. The maximum absolute atomic E-state index is 12.0. The summed E-state index contributed by atoms with van der Waals surface area (Å²) < 4.78 is 0. The summed E-state index contributed by atoms with van der Waals surface area (Å²) in [5.74, 6) is -0.0982. The SMILES string of the molecule is Cc1nc(NC(=O)c2cc(N)ncc2Cl)sc1C. The average Bonchev–Trinajstić information content (AvgIpc) is 2.61. The first-order valence-corrected chi connectivity index (χ1v) is 6.33. The van der Waals surface area contributed by atoms with Crippen molar-refractivity contribution in [2.24, 2.45) is 0 Å². The number of pyridine rings is 1. The molecule has 0 bridgehead atoms. The summed E-state index contributed by atoms with van der Waals surface area (Å²) >= 11 is 7.31. The van der Waals surface area contributed by atoms with Gasteiger partial charge in [0.2, 0.25) is 0 Å². The van der Waals surface area contributed by atoms with E-state index in [0.29, 0.717) is 5.13 Å². The van der Waals surface area contributed by atoms with Crippen LogP contribution in [0.5, 0.6) is 0 Å². The summed E-state index contributed by atoms with van der Waals surface area (Å²) in [6, 6.07) is 1.44. The molecule has 0 aliphatic rings. The number of aromatic nitrogens is 2. The molecular formula is C11H11ClN4OS. The van der Waals surface area contributed by atoms with Gasteiger partial charge in [-0.05, 0) is 19.9 Å². The smallest absolute Gasteiger partial charge is 0.259 e. The maximum Gasteiger partial charge on any atom is 0.259 e. The Labute approximate surface area is 113 Å². The van der Waals surface area contributed by atoms with Crippen LogP contribution in [0.4, 0.5) is 10.9 Å². The molecule has 0 spiro atoms. The van der Waals surface area contributed by atoms with Gasteiger partial charge in [0.1, 0.15) is 5.82 Å². The summed E-state index contributed by atoms with van der Waals surface area (Å²) in [6.07, 6.45) is 1.35. The van der Waals surface area contributed by atoms with E-state index in [1.54, 1.807) is 0 Å². The Bertz CT molecular complexity index is 592. The minimum absolute atomic E-state index is 0.246. The number of thiazole rings is 1. The number of amides is 1. The number of aryl methyl sites for hydroxylation is 2. The van der Waals surface area contributed by atoms with Crippen LogP contribution in [0, 0.1) is 13.8 Å². The fourth-order valence-corrected chi connectivity index (χ4v) is 2.32. The van der Waals surface area contributed by atoms with E-state index in [4.69, 9.17) is 17.3 Å². The average molecular weight is 283 g/mol. The highest BCUT2D eigenvalue weighted by Gasteiger charge is 2.14. The number of hydrogen-bond donors (Lipinski definition) is 2. The number of nitrogens with two attached hydrogens (primary N) is 1. The van der Waals surface area contributed by atoms with Gasteiger partial charge >= 0.3 is 0 Å². The lowest BCUT2D eigenvalue weighted by atomic mass is 10.2. The zero-order chi connectivity index (χ0) is 13.3. The fraction of sp³-hybridized carbons (Fsp3) is 0.182. The molecule has 0 aliphatic heterocycles. The van der Waals surface area contributed by atoms with Crippen molar-refractivity contribution in [2.75, 3.05) is 11.1 Å². The van der Waals surface area contributed by atoms with Crippen molar-refractivity contribution in [3.63, 3.8) is 0 Å². The second kappa shape index (κ2) is 4.91. The van der Waals surface area contributed by atoms with Crippen molar-refractivity contribution >= 4 is 39.8 Å². The number of anilines is 2. The summed E-state index contributed by atoms with van der Waals surface area (Å²) in [4.78, 5) is 21.1. The van der Waals surface area contributed by atoms with Gasteiger partial charge in [-0.2, -0.15) is 0 Å². The largest absolute Gasteiger partial charge is 0.384 e. The summed E-state index contributed by atoms with van der Waals surface area (Å²) in [7, 11) is 0. The number of carbonyl (C=O) groups excluding carboxylic acids is 1. The van der Waals surface area contributed by atoms with Gasteiger partial charge in [-0.25, -0.2) is 9.97 Å². The highest BCUT2D eigenvalue weighted by atomic mass is 35.5. The van der Waals surface area contributed by atoms with Gasteiger partial charge in [-0.15, -0.1) is 11.3 Å². The van der Waals surface area contributed by atoms with E-state index in [-0.39, 0.29) is 22.3 Å². The molecule has 0 fully saturated rings. The molecule has 2 rings (SSSR count). The van der Waals surface area contributed by atoms with Crippen LogP contribution in [0.25, 0.3) is 0 Å². The molecule has 0 radical (unpaired) electrons. The molecule has 0 aliphatic carbocycles. The van der Waals surface area contributed by atoms with E-state index in [0.717, 1.165) is 10.6 Å². The monoisotopic (exact) mass is 282 g/mol. The van der Waals surface area contributed by atoms with Crippen LogP contribution >= 0.6 is 22.9 Å². The molecule has 1 amide bonds. The minimum atomic E-state index is -0.345. The molecule has 0 aromatic carbocycles. The molecule has 2 aromatic rings. The minimum Gasteiger partial charge on any atom is -0.384 e. The Morgan fingerprint density at radius 1 is 1.50 bits per heavy atom. The Morgan fingerprint density at radius 2 is 2.22 bits per heavy atom. The van der Waals surface area contributed by atoms with Gasteiger partial charge in [-0.3, -0.25) is 10.1 Å². The van der Waals surface area contributed by atoms with E-state index >= 15 is 0 Å². The van der Waals surface area contributed by atoms with Gasteiger partial charge in [0.25, 0.3) is 5.91 Å². The Balaban J connectivity index is 2.24. The van der Waals surface area contributed by atoms with E-state index < -0.39 is 0 Å². The quantitative estimate of drug-likeness (QED) is 0.887. The third-order valence-electron chi connectivity index (χ3n) is 2.37. The Hall–Kier alpha value is -1.66. The molecule has 2 aromatic heterocycles. The third-order valence-corrected chi connectivity index (χ3v) is 3.66. The number of nitrogen functional groups attached to an aromatic ring is 1. The second-order valence-electron chi connectivity index (χ2n) is 3.70. The predicted octanol–water partition coefficient (Wildman–Crippen LogP) is 2.64. The van der Waals surface area contributed by atoms with Crippen LogP contribution in [0.2, 0.25) is 5.02 Å². The van der Waals surface area contributed by atoms with Gasteiger partial charge < -0.3 is 5.73 Å². The third kappa shape index (κ3) is 2.60. The van der Waals surface area contributed by atoms with Crippen molar-refractivity contribution in [2.45, 2.75) is 13.8 Å². The van der Waals surface area contributed by atoms with Crippen LogP contribution in [0.1, 0.15) is 20.9 Å². The lowest BCUT2D eigenvalue weighted by Crippen LogP contribution is -2.13. The molecule has 7 heteroatoms. The highest BCUT2D eigenvalue weighted by molar-refractivity contribution is 7.15. The van der Waals surface area contributed by atoms with Crippen LogP contribution in [0.3, 0.4) is 0 Å². The number of rotatable bonds is 2. The molecule has 18 heavy (non-hydrogen) atoms. The molecule has 0 unspecified atom stereocenters. The second-order valence-corrected chi connectivity index (χ2v) is 5.31. The number of halogens is 1.